The van der Waals surface area contributed by atoms with Crippen molar-refractivity contribution in [3.8, 4) is 17.3 Å². The van der Waals surface area contributed by atoms with E-state index in [2.05, 4.69) is 24.3 Å². The summed E-state index contributed by atoms with van der Waals surface area (Å²) in [5, 5.41) is 8.53. The predicted octanol–water partition coefficient (Wildman–Crippen LogP) is 5.33. The van der Waals surface area contributed by atoms with Crippen LogP contribution in [0.1, 0.15) is 35.5 Å². The number of nitrogens with one attached hydrogen (secondary N) is 1. The highest BCUT2D eigenvalue weighted by Gasteiger charge is 2.16. The first-order chi connectivity index (χ1) is 15.9. The SMILES string of the molecule is COc1cccc2c(C)cc(-n3nc(C)cc3NC(=O)c3ccc(OCC(C)C)cc3)nc12. The zero-order valence-corrected chi connectivity index (χ0v) is 19.5. The average Bonchev–Trinajstić information content (AvgIpc) is 3.17. The largest absolute Gasteiger partial charge is 0.494 e. The normalized spacial score (nSPS) is 11.1. The van der Waals surface area contributed by atoms with E-state index in [0.717, 1.165) is 27.9 Å². The molecule has 4 aromatic rings. The van der Waals surface area contributed by atoms with Crippen LogP contribution >= 0.6 is 0 Å². The van der Waals surface area contributed by atoms with Crippen LogP contribution in [0, 0.1) is 19.8 Å². The number of ether oxygens (including phenoxy) is 2. The third kappa shape index (κ3) is 4.82. The molecule has 7 nitrogen and oxygen atoms in total. The van der Waals surface area contributed by atoms with E-state index >= 15 is 0 Å². The minimum Gasteiger partial charge on any atom is -0.494 e. The molecule has 0 bridgehead atoms. The lowest BCUT2D eigenvalue weighted by Crippen LogP contribution is -2.15. The van der Waals surface area contributed by atoms with Gasteiger partial charge in [0.05, 0.1) is 19.4 Å². The number of aryl methyl sites for hydroxylation is 2. The molecule has 0 spiro atoms. The number of methoxy groups -OCH3 is 1. The number of carbonyl (C=O) groups excluding carboxylic acids is 1. The summed E-state index contributed by atoms with van der Waals surface area (Å²) in [5.41, 5.74) is 3.08. The van der Waals surface area contributed by atoms with Gasteiger partial charge in [-0.1, -0.05) is 26.0 Å². The maximum atomic E-state index is 12.9. The number of hydrogen-bond acceptors (Lipinski definition) is 5. The number of aromatic nitrogens is 3. The van der Waals surface area contributed by atoms with Crippen LogP contribution in [-0.2, 0) is 0 Å². The highest BCUT2D eigenvalue weighted by molar-refractivity contribution is 6.04. The number of amides is 1. The Labute approximate surface area is 193 Å². The van der Waals surface area contributed by atoms with Crippen molar-refractivity contribution in [2.45, 2.75) is 27.7 Å². The van der Waals surface area contributed by atoms with Crippen LogP contribution < -0.4 is 14.8 Å². The van der Waals surface area contributed by atoms with Crippen LogP contribution in [0.4, 0.5) is 5.82 Å². The molecule has 1 N–H and O–H groups in total. The van der Waals surface area contributed by atoms with Crippen molar-refractivity contribution in [3.63, 3.8) is 0 Å². The van der Waals surface area contributed by atoms with E-state index in [1.807, 2.05) is 44.2 Å². The van der Waals surface area contributed by atoms with E-state index in [0.29, 0.717) is 35.5 Å². The van der Waals surface area contributed by atoms with Gasteiger partial charge in [0.25, 0.3) is 5.91 Å². The summed E-state index contributed by atoms with van der Waals surface area (Å²) in [7, 11) is 1.63. The second kappa shape index (κ2) is 9.32. The number of fused-ring (bicyclic) bond motifs is 1. The van der Waals surface area contributed by atoms with Gasteiger partial charge in [-0.2, -0.15) is 9.78 Å². The van der Waals surface area contributed by atoms with E-state index in [1.54, 1.807) is 36.1 Å². The molecule has 7 heteroatoms. The summed E-state index contributed by atoms with van der Waals surface area (Å²) in [6.07, 6.45) is 0. The molecule has 0 aliphatic rings. The zero-order valence-electron chi connectivity index (χ0n) is 19.5. The molecule has 2 aromatic heterocycles. The van der Waals surface area contributed by atoms with Gasteiger partial charge in [-0.15, -0.1) is 0 Å². The van der Waals surface area contributed by atoms with Crippen molar-refractivity contribution in [1.82, 2.24) is 14.8 Å². The molecule has 0 atom stereocenters. The van der Waals surface area contributed by atoms with E-state index in [1.165, 1.54) is 0 Å². The van der Waals surface area contributed by atoms with Crippen LogP contribution in [0.3, 0.4) is 0 Å². The van der Waals surface area contributed by atoms with E-state index < -0.39 is 0 Å². The van der Waals surface area contributed by atoms with Crippen LogP contribution in [0.15, 0.2) is 54.6 Å². The Morgan fingerprint density at radius 2 is 1.85 bits per heavy atom. The number of nitrogens with zero attached hydrogens (tertiary/aromatic N) is 3. The Hall–Kier alpha value is -3.87. The summed E-state index contributed by atoms with van der Waals surface area (Å²) in [6, 6.07) is 16.7. The fraction of sp³-hybridized carbons (Fsp3) is 0.269. The van der Waals surface area contributed by atoms with Crippen LogP contribution in [0.25, 0.3) is 16.7 Å². The van der Waals surface area contributed by atoms with E-state index in [9.17, 15) is 4.79 Å². The molecule has 0 aliphatic heterocycles. The molecule has 170 valence electrons. The monoisotopic (exact) mass is 444 g/mol. The maximum absolute atomic E-state index is 12.9. The van der Waals surface area contributed by atoms with Gasteiger partial charge in [0.1, 0.15) is 22.8 Å². The number of benzene rings is 2. The number of rotatable bonds is 7. The molecular weight excluding hydrogens is 416 g/mol. The molecule has 0 saturated carbocycles. The van der Waals surface area contributed by atoms with Crippen molar-refractivity contribution in [2.75, 3.05) is 19.0 Å². The summed E-state index contributed by atoms with van der Waals surface area (Å²) >= 11 is 0. The molecule has 0 radical (unpaired) electrons. The lowest BCUT2D eigenvalue weighted by Gasteiger charge is -2.12. The first kappa shape index (κ1) is 22.3. The van der Waals surface area contributed by atoms with Gasteiger partial charge in [-0.25, -0.2) is 4.98 Å². The fourth-order valence-corrected chi connectivity index (χ4v) is 3.56. The number of pyridine rings is 1. The topological polar surface area (TPSA) is 78.3 Å². The Balaban J connectivity index is 1.63. The van der Waals surface area contributed by atoms with Crippen LogP contribution in [0.5, 0.6) is 11.5 Å². The Morgan fingerprint density at radius 1 is 1.09 bits per heavy atom. The van der Waals surface area contributed by atoms with Gasteiger partial charge < -0.3 is 14.8 Å². The maximum Gasteiger partial charge on any atom is 0.256 e. The average molecular weight is 445 g/mol. The Bertz CT molecular complexity index is 1290. The van der Waals surface area contributed by atoms with Crippen molar-refractivity contribution in [2.24, 2.45) is 5.92 Å². The molecule has 2 aromatic carbocycles. The van der Waals surface area contributed by atoms with Gasteiger partial charge in [0.2, 0.25) is 0 Å². The summed E-state index contributed by atoms with van der Waals surface area (Å²) in [6.45, 7) is 8.71. The second-order valence-corrected chi connectivity index (χ2v) is 8.42. The minimum atomic E-state index is -0.235. The quantitative estimate of drug-likeness (QED) is 0.417. The van der Waals surface area contributed by atoms with Crippen molar-refractivity contribution < 1.29 is 14.3 Å². The Kier molecular flexibility index (Phi) is 6.31. The lowest BCUT2D eigenvalue weighted by atomic mass is 10.1. The molecule has 0 aliphatic carbocycles. The van der Waals surface area contributed by atoms with E-state index in [-0.39, 0.29) is 5.91 Å². The zero-order chi connectivity index (χ0) is 23.5. The summed E-state index contributed by atoms with van der Waals surface area (Å²) in [5.74, 6) is 2.77. The van der Waals surface area contributed by atoms with Crippen molar-refractivity contribution >= 4 is 22.6 Å². The molecular formula is C26H28N4O3. The highest BCUT2D eigenvalue weighted by Crippen LogP contribution is 2.28. The Morgan fingerprint density at radius 3 is 2.55 bits per heavy atom. The number of carbonyl (C=O) groups is 1. The van der Waals surface area contributed by atoms with Crippen LogP contribution in [-0.4, -0.2) is 34.4 Å². The molecule has 4 rings (SSSR count). The highest BCUT2D eigenvalue weighted by atomic mass is 16.5. The smallest absolute Gasteiger partial charge is 0.256 e. The fourth-order valence-electron chi connectivity index (χ4n) is 3.56. The summed E-state index contributed by atoms with van der Waals surface area (Å²) in [4.78, 5) is 17.7. The third-order valence-electron chi connectivity index (χ3n) is 5.21. The molecule has 33 heavy (non-hydrogen) atoms. The molecule has 0 unspecified atom stereocenters. The first-order valence-electron chi connectivity index (χ1n) is 10.9. The number of hydrogen-bond donors (Lipinski definition) is 1. The van der Waals surface area contributed by atoms with Gasteiger partial charge in [-0.3, -0.25) is 4.79 Å². The lowest BCUT2D eigenvalue weighted by molar-refractivity contribution is 0.102. The molecule has 0 saturated heterocycles. The van der Waals surface area contributed by atoms with Crippen LogP contribution in [0.2, 0.25) is 0 Å². The van der Waals surface area contributed by atoms with Gasteiger partial charge >= 0.3 is 0 Å². The van der Waals surface area contributed by atoms with Gasteiger partial charge in [0, 0.05) is 17.0 Å². The van der Waals surface area contributed by atoms with E-state index in [4.69, 9.17) is 14.5 Å². The second-order valence-electron chi connectivity index (χ2n) is 8.42. The van der Waals surface area contributed by atoms with Crippen molar-refractivity contribution in [3.05, 3.63) is 71.4 Å². The third-order valence-corrected chi connectivity index (χ3v) is 5.21. The number of anilines is 1. The predicted molar refractivity (Wildman–Crippen MR) is 130 cm³/mol. The van der Waals surface area contributed by atoms with Crippen molar-refractivity contribution in [1.29, 1.82) is 0 Å². The van der Waals surface area contributed by atoms with Gasteiger partial charge in [-0.05, 0) is 61.7 Å². The number of para-hydroxylation sites is 1. The first-order valence-corrected chi connectivity index (χ1v) is 10.9. The summed E-state index contributed by atoms with van der Waals surface area (Å²) < 4.78 is 12.8. The molecule has 1 amide bonds. The molecule has 0 fully saturated rings. The molecule has 2 heterocycles. The minimum absolute atomic E-state index is 0.235. The standard InChI is InChI=1S/C26H28N4O3/c1-16(2)15-33-20-11-9-19(10-12-20)26(31)28-24-14-18(4)29-30(24)23-13-17(3)21-7-6-8-22(32-5)25(21)27-23/h6-14,16H,15H2,1-5H3,(H,28,31). The van der Waals surface area contributed by atoms with Gasteiger partial charge in [0.15, 0.2) is 5.82 Å².